The van der Waals surface area contributed by atoms with Crippen LogP contribution in [0.2, 0.25) is 0 Å². The van der Waals surface area contributed by atoms with E-state index in [1.807, 2.05) is 44.3 Å². The lowest BCUT2D eigenvalue weighted by atomic mass is 10.0. The molecule has 1 amide bonds. The number of methoxy groups -OCH3 is 1. The van der Waals surface area contributed by atoms with E-state index >= 15 is 0 Å². The first-order valence-corrected chi connectivity index (χ1v) is 9.60. The molecule has 1 aliphatic rings. The fourth-order valence-electron chi connectivity index (χ4n) is 3.70. The molecular weight excluding hydrogens is 357 g/mol. The van der Waals surface area contributed by atoms with Gasteiger partial charge in [-0.3, -0.25) is 9.69 Å². The highest BCUT2D eigenvalue weighted by molar-refractivity contribution is 5.78. The van der Waals surface area contributed by atoms with Gasteiger partial charge in [-0.15, -0.1) is 0 Å². The van der Waals surface area contributed by atoms with Gasteiger partial charge in [0.05, 0.1) is 19.7 Å². The summed E-state index contributed by atoms with van der Waals surface area (Å²) in [5.74, 6) is 0.549. The molecule has 0 spiro atoms. The fraction of sp³-hybridized carbons (Fsp3) is 0.409. The molecular formula is C22H28FN3O2. The van der Waals surface area contributed by atoms with Crippen LogP contribution in [0.3, 0.4) is 0 Å². The van der Waals surface area contributed by atoms with Crippen LogP contribution in [0.1, 0.15) is 30.1 Å². The van der Waals surface area contributed by atoms with Gasteiger partial charge in [0.15, 0.2) is 0 Å². The summed E-state index contributed by atoms with van der Waals surface area (Å²) in [7, 11) is 3.45. The normalized spacial score (nSPS) is 18.5. The molecule has 5 nitrogen and oxygen atoms in total. The quantitative estimate of drug-likeness (QED) is 0.830. The summed E-state index contributed by atoms with van der Waals surface area (Å²) in [6, 6.07) is 14.2. The average Bonchev–Trinajstić information content (AvgIpc) is 2.73. The number of likely N-dealkylation sites (N-methyl/N-ethyl adjacent to an activating group) is 1. The largest absolute Gasteiger partial charge is 0.496 e. The third-order valence-electron chi connectivity index (χ3n) is 5.49. The minimum Gasteiger partial charge on any atom is -0.496 e. The molecule has 1 aliphatic heterocycles. The van der Waals surface area contributed by atoms with Gasteiger partial charge in [-0.05, 0) is 30.7 Å². The van der Waals surface area contributed by atoms with Crippen LogP contribution < -0.4 is 10.1 Å². The van der Waals surface area contributed by atoms with Crippen molar-refractivity contribution in [3.8, 4) is 5.75 Å². The molecule has 2 aromatic rings. The van der Waals surface area contributed by atoms with E-state index in [9.17, 15) is 9.18 Å². The monoisotopic (exact) mass is 385 g/mol. The van der Waals surface area contributed by atoms with Crippen molar-refractivity contribution in [2.45, 2.75) is 19.0 Å². The number of halogens is 1. The molecule has 0 aromatic heterocycles. The summed E-state index contributed by atoms with van der Waals surface area (Å²) >= 11 is 0. The number of carbonyl (C=O) groups is 1. The first kappa shape index (κ1) is 20.3. The number of ether oxygens (including phenoxy) is 1. The molecule has 0 aliphatic carbocycles. The van der Waals surface area contributed by atoms with Crippen molar-refractivity contribution in [3.63, 3.8) is 0 Å². The molecule has 6 heteroatoms. The van der Waals surface area contributed by atoms with Gasteiger partial charge in [-0.1, -0.05) is 30.3 Å². The lowest BCUT2D eigenvalue weighted by Crippen LogP contribution is -2.50. The van der Waals surface area contributed by atoms with Crippen molar-refractivity contribution >= 4 is 5.91 Å². The predicted molar refractivity (Wildman–Crippen MR) is 108 cm³/mol. The van der Waals surface area contributed by atoms with E-state index in [-0.39, 0.29) is 23.8 Å². The molecule has 150 valence electrons. The molecule has 0 saturated carbocycles. The maximum Gasteiger partial charge on any atom is 0.237 e. The van der Waals surface area contributed by atoms with Crippen LogP contribution in [0.5, 0.6) is 5.75 Å². The van der Waals surface area contributed by atoms with Gasteiger partial charge in [0.25, 0.3) is 0 Å². The molecule has 1 heterocycles. The van der Waals surface area contributed by atoms with Crippen molar-refractivity contribution in [2.24, 2.45) is 0 Å². The second-order valence-electron chi connectivity index (χ2n) is 7.17. The Hall–Kier alpha value is -2.44. The Balaban J connectivity index is 1.72. The average molecular weight is 385 g/mol. The number of piperazine rings is 1. The number of nitrogens with one attached hydrogen (secondary N) is 1. The Bertz CT molecular complexity index is 814. The molecule has 3 rings (SSSR count). The smallest absolute Gasteiger partial charge is 0.237 e. The summed E-state index contributed by atoms with van der Waals surface area (Å²) in [6.45, 7) is 4.54. The lowest BCUT2D eigenvalue weighted by molar-refractivity contribution is -0.133. The molecule has 0 bridgehead atoms. The number of nitrogens with zero attached hydrogens (tertiary/aromatic N) is 2. The SMILES string of the molecule is COc1ccccc1C(C)N(C)C(=O)CN1CCNCC1c1cccc(F)c1. The van der Waals surface area contributed by atoms with E-state index in [0.29, 0.717) is 13.1 Å². The van der Waals surface area contributed by atoms with Crippen molar-refractivity contribution in [1.29, 1.82) is 0 Å². The van der Waals surface area contributed by atoms with E-state index < -0.39 is 0 Å². The lowest BCUT2D eigenvalue weighted by Gasteiger charge is -2.37. The van der Waals surface area contributed by atoms with Gasteiger partial charge in [0.1, 0.15) is 11.6 Å². The van der Waals surface area contributed by atoms with Crippen molar-refractivity contribution in [3.05, 3.63) is 65.5 Å². The van der Waals surface area contributed by atoms with Gasteiger partial charge in [-0.2, -0.15) is 0 Å². The Morgan fingerprint density at radius 1 is 1.32 bits per heavy atom. The number of benzene rings is 2. The zero-order valence-corrected chi connectivity index (χ0v) is 16.7. The predicted octanol–water partition coefficient (Wildman–Crippen LogP) is 3.00. The van der Waals surface area contributed by atoms with Crippen LogP contribution in [0.15, 0.2) is 48.5 Å². The highest BCUT2D eigenvalue weighted by Crippen LogP contribution is 2.29. The van der Waals surface area contributed by atoms with Crippen LogP contribution >= 0.6 is 0 Å². The Morgan fingerprint density at radius 2 is 2.11 bits per heavy atom. The summed E-state index contributed by atoms with van der Waals surface area (Å²) in [6.07, 6.45) is 0. The molecule has 1 saturated heterocycles. The summed E-state index contributed by atoms with van der Waals surface area (Å²) in [5.41, 5.74) is 1.86. The highest BCUT2D eigenvalue weighted by Gasteiger charge is 2.28. The van der Waals surface area contributed by atoms with E-state index in [1.165, 1.54) is 6.07 Å². The summed E-state index contributed by atoms with van der Waals surface area (Å²) in [5, 5.41) is 3.34. The summed E-state index contributed by atoms with van der Waals surface area (Å²) < 4.78 is 19.1. The molecule has 2 aromatic carbocycles. The Morgan fingerprint density at radius 3 is 2.86 bits per heavy atom. The minimum atomic E-state index is -0.253. The Kier molecular flexibility index (Phi) is 6.65. The molecule has 28 heavy (non-hydrogen) atoms. The number of carbonyl (C=O) groups excluding carboxylic acids is 1. The van der Waals surface area contributed by atoms with E-state index in [2.05, 4.69) is 10.2 Å². The number of para-hydroxylation sites is 1. The molecule has 2 unspecified atom stereocenters. The van der Waals surface area contributed by atoms with Crippen LogP contribution in [-0.4, -0.2) is 56.0 Å². The van der Waals surface area contributed by atoms with Crippen molar-refractivity contribution in [2.75, 3.05) is 40.3 Å². The van der Waals surface area contributed by atoms with Crippen LogP contribution in [0.4, 0.5) is 4.39 Å². The van der Waals surface area contributed by atoms with Crippen molar-refractivity contribution < 1.29 is 13.9 Å². The number of amides is 1. The third-order valence-corrected chi connectivity index (χ3v) is 5.49. The maximum absolute atomic E-state index is 13.7. The van der Waals surface area contributed by atoms with Gasteiger partial charge in [-0.25, -0.2) is 4.39 Å². The second-order valence-corrected chi connectivity index (χ2v) is 7.17. The molecule has 1 N–H and O–H groups in total. The Labute approximate surface area is 166 Å². The summed E-state index contributed by atoms with van der Waals surface area (Å²) in [4.78, 5) is 16.9. The first-order valence-electron chi connectivity index (χ1n) is 9.60. The molecule has 1 fully saturated rings. The van der Waals surface area contributed by atoms with E-state index in [1.54, 1.807) is 24.1 Å². The van der Waals surface area contributed by atoms with Crippen LogP contribution in [0, 0.1) is 5.82 Å². The van der Waals surface area contributed by atoms with Gasteiger partial charge >= 0.3 is 0 Å². The van der Waals surface area contributed by atoms with E-state index in [0.717, 1.165) is 30.0 Å². The van der Waals surface area contributed by atoms with E-state index in [4.69, 9.17) is 4.74 Å². The maximum atomic E-state index is 13.7. The molecule has 2 atom stereocenters. The zero-order valence-electron chi connectivity index (χ0n) is 16.7. The van der Waals surface area contributed by atoms with Crippen LogP contribution in [-0.2, 0) is 4.79 Å². The first-order chi connectivity index (χ1) is 13.5. The molecule has 0 radical (unpaired) electrons. The van der Waals surface area contributed by atoms with Gasteiger partial charge < -0.3 is 15.0 Å². The fourth-order valence-corrected chi connectivity index (χ4v) is 3.70. The number of hydrogen-bond acceptors (Lipinski definition) is 4. The number of hydrogen-bond donors (Lipinski definition) is 1. The van der Waals surface area contributed by atoms with Gasteiger partial charge in [0, 0.05) is 38.3 Å². The highest BCUT2D eigenvalue weighted by atomic mass is 19.1. The standard InChI is InChI=1S/C22H28FN3O2/c1-16(19-9-4-5-10-21(19)28-3)25(2)22(27)15-26-12-11-24-14-20(26)17-7-6-8-18(23)13-17/h4-10,13,16,20,24H,11-12,14-15H2,1-3H3. The third kappa shape index (κ3) is 4.51. The number of rotatable bonds is 6. The zero-order chi connectivity index (χ0) is 20.1. The van der Waals surface area contributed by atoms with Crippen molar-refractivity contribution in [1.82, 2.24) is 15.1 Å². The second kappa shape index (κ2) is 9.17. The topological polar surface area (TPSA) is 44.8 Å². The van der Waals surface area contributed by atoms with Gasteiger partial charge in [0.2, 0.25) is 5.91 Å². The minimum absolute atomic E-state index is 0.0247. The van der Waals surface area contributed by atoms with Crippen LogP contribution in [0.25, 0.3) is 0 Å².